The smallest absolute Gasteiger partial charge is 0.323 e. The van der Waals surface area contributed by atoms with Gasteiger partial charge in [-0.05, 0) is 63.1 Å². The summed E-state index contributed by atoms with van der Waals surface area (Å²) in [6.45, 7) is 10.3. The topological polar surface area (TPSA) is 137 Å². The summed E-state index contributed by atoms with van der Waals surface area (Å²) < 4.78 is 5.57. The Hall–Kier alpha value is -2.91. The molecule has 6 N–H and O–H groups in total. The molecule has 0 aliphatic carbocycles. The number of hydrogen-bond donors (Lipinski definition) is 4. The monoisotopic (exact) mass is 488 g/mol. The first-order chi connectivity index (χ1) is 15.8. The van der Waals surface area contributed by atoms with Crippen molar-refractivity contribution in [1.29, 1.82) is 0 Å². The molecular weight excluding hydrogens is 452 g/mol. The Morgan fingerprint density at radius 1 is 1.03 bits per heavy atom. The van der Waals surface area contributed by atoms with E-state index in [1.807, 2.05) is 45.0 Å². The maximum atomic E-state index is 12.6. The highest BCUT2D eigenvalue weighted by Crippen LogP contribution is 2.29. The van der Waals surface area contributed by atoms with Crippen molar-refractivity contribution < 1.29 is 19.1 Å². The lowest BCUT2D eigenvalue weighted by atomic mass is 10.0. The fourth-order valence-electron chi connectivity index (χ4n) is 3.39. The number of rotatable bonds is 11. The van der Waals surface area contributed by atoms with Crippen LogP contribution in [0.2, 0.25) is 0 Å². The minimum atomic E-state index is -0.734. The molecule has 1 heterocycles. The molecule has 2 rings (SSSR count). The van der Waals surface area contributed by atoms with E-state index in [0.29, 0.717) is 30.3 Å². The maximum absolute atomic E-state index is 12.6. The summed E-state index contributed by atoms with van der Waals surface area (Å²) in [7, 11) is 0. The zero-order valence-electron chi connectivity index (χ0n) is 20.6. The third kappa shape index (κ3) is 9.15. The molecule has 0 bridgehead atoms. The molecule has 2 aromatic rings. The van der Waals surface area contributed by atoms with E-state index in [2.05, 4.69) is 24.5 Å². The van der Waals surface area contributed by atoms with Crippen molar-refractivity contribution in [3.8, 4) is 0 Å². The third-order valence-corrected chi connectivity index (χ3v) is 6.03. The normalized spacial score (nSPS) is 12.4. The van der Waals surface area contributed by atoms with Gasteiger partial charge in [-0.3, -0.25) is 14.9 Å². The van der Waals surface area contributed by atoms with Gasteiger partial charge in [0.2, 0.25) is 0 Å². The third-order valence-electron chi connectivity index (χ3n) is 4.92. The first kappa shape index (κ1) is 27.3. The number of anilines is 1. The minimum Gasteiger partial charge on any atom is -0.459 e. The van der Waals surface area contributed by atoms with Crippen LogP contribution in [-0.2, 0) is 28.9 Å². The average molecular weight is 489 g/mol. The summed E-state index contributed by atoms with van der Waals surface area (Å²) in [5, 5.41) is 6.17. The van der Waals surface area contributed by atoms with Crippen molar-refractivity contribution in [2.75, 3.05) is 5.32 Å². The summed E-state index contributed by atoms with van der Waals surface area (Å²) in [5.41, 5.74) is 12.5. The van der Waals surface area contributed by atoms with Gasteiger partial charge >= 0.3 is 12.0 Å². The second-order valence-electron chi connectivity index (χ2n) is 9.72. The average Bonchev–Trinajstić information content (AvgIpc) is 3.11. The van der Waals surface area contributed by atoms with Crippen LogP contribution in [0, 0.1) is 5.92 Å². The van der Waals surface area contributed by atoms with Gasteiger partial charge in [0.15, 0.2) is 0 Å². The number of carbonyl (C=O) groups excluding carboxylic acids is 3. The summed E-state index contributed by atoms with van der Waals surface area (Å²) in [6, 6.07) is 8.77. The van der Waals surface area contributed by atoms with Crippen LogP contribution in [0.3, 0.4) is 0 Å². The number of aryl methyl sites for hydroxylation is 2. The predicted octanol–water partition coefficient (Wildman–Crippen LogP) is 3.97. The molecule has 1 aromatic carbocycles. The van der Waals surface area contributed by atoms with Crippen LogP contribution >= 0.6 is 11.3 Å². The molecule has 34 heavy (non-hydrogen) atoms. The molecule has 8 nitrogen and oxygen atoms in total. The van der Waals surface area contributed by atoms with E-state index in [1.54, 1.807) is 6.07 Å². The lowest BCUT2D eigenvalue weighted by Crippen LogP contribution is -2.41. The fraction of sp³-hybridized carbons (Fsp3) is 0.480. The van der Waals surface area contributed by atoms with Crippen LogP contribution in [0.25, 0.3) is 0 Å². The molecule has 1 atom stereocenters. The highest BCUT2D eigenvalue weighted by molar-refractivity contribution is 7.16. The largest absolute Gasteiger partial charge is 0.459 e. The van der Waals surface area contributed by atoms with E-state index in [1.165, 1.54) is 11.3 Å². The molecule has 0 aliphatic heterocycles. The number of thiophene rings is 1. The number of amides is 3. The Morgan fingerprint density at radius 3 is 2.18 bits per heavy atom. The van der Waals surface area contributed by atoms with E-state index < -0.39 is 17.5 Å². The Morgan fingerprint density at radius 2 is 1.65 bits per heavy atom. The van der Waals surface area contributed by atoms with Gasteiger partial charge in [-0.25, -0.2) is 4.79 Å². The van der Waals surface area contributed by atoms with Crippen LogP contribution in [0.15, 0.2) is 30.3 Å². The molecule has 3 amide bonds. The van der Waals surface area contributed by atoms with Crippen molar-refractivity contribution in [2.45, 2.75) is 72.1 Å². The van der Waals surface area contributed by atoms with Crippen LogP contribution in [0.4, 0.5) is 9.80 Å². The zero-order valence-corrected chi connectivity index (χ0v) is 21.4. The molecule has 0 fully saturated rings. The molecule has 0 aliphatic rings. The van der Waals surface area contributed by atoms with Gasteiger partial charge in [0, 0.05) is 11.4 Å². The Bertz CT molecular complexity index is 993. The number of urea groups is 1. The van der Waals surface area contributed by atoms with Crippen molar-refractivity contribution in [2.24, 2.45) is 17.4 Å². The highest BCUT2D eigenvalue weighted by Gasteiger charge is 2.25. The van der Waals surface area contributed by atoms with Gasteiger partial charge in [-0.15, -0.1) is 11.3 Å². The maximum Gasteiger partial charge on any atom is 0.323 e. The predicted molar refractivity (Wildman–Crippen MR) is 136 cm³/mol. The van der Waals surface area contributed by atoms with E-state index >= 15 is 0 Å². The SMILES string of the molecule is CC(C)CC(NCc1ccc(CCc2cc(C(N)=O)c(NC(N)=O)s2)cc1)C(=O)OC(C)(C)C. The zero-order chi connectivity index (χ0) is 25.5. The standard InChI is InChI=1S/C25H36N4O4S/c1-15(2)12-20(23(31)33-25(3,4)5)28-14-17-8-6-16(7-9-17)10-11-18-13-19(21(26)30)22(34-18)29-24(27)32/h6-9,13,15,20,28H,10-12,14H2,1-5H3,(H2,26,30)(H3,27,29,32). The number of ether oxygens (including phenoxy) is 1. The van der Waals surface area contributed by atoms with Gasteiger partial charge < -0.3 is 21.5 Å². The molecular formula is C25H36N4O4S. The quantitative estimate of drug-likeness (QED) is 0.355. The fourth-order valence-corrected chi connectivity index (χ4v) is 4.46. The van der Waals surface area contributed by atoms with Gasteiger partial charge in [0.25, 0.3) is 5.91 Å². The number of hydrogen-bond acceptors (Lipinski definition) is 6. The highest BCUT2D eigenvalue weighted by atomic mass is 32.1. The Labute approximate surface area is 205 Å². The molecule has 0 saturated heterocycles. The number of nitrogens with one attached hydrogen (secondary N) is 2. The molecule has 1 unspecified atom stereocenters. The summed E-state index contributed by atoms with van der Waals surface area (Å²) in [4.78, 5) is 36.3. The van der Waals surface area contributed by atoms with Gasteiger partial charge in [-0.2, -0.15) is 0 Å². The van der Waals surface area contributed by atoms with E-state index in [4.69, 9.17) is 16.2 Å². The minimum absolute atomic E-state index is 0.228. The van der Waals surface area contributed by atoms with Crippen LogP contribution in [0.5, 0.6) is 0 Å². The van der Waals surface area contributed by atoms with Crippen molar-refractivity contribution in [3.63, 3.8) is 0 Å². The molecule has 0 radical (unpaired) electrons. The number of carbonyl (C=O) groups is 3. The van der Waals surface area contributed by atoms with Gasteiger partial charge in [0.1, 0.15) is 16.6 Å². The lowest BCUT2D eigenvalue weighted by Gasteiger charge is -2.25. The first-order valence-corrected chi connectivity index (χ1v) is 12.2. The van der Waals surface area contributed by atoms with Crippen molar-refractivity contribution in [3.05, 3.63) is 51.9 Å². The Balaban J connectivity index is 1.96. The van der Waals surface area contributed by atoms with Crippen molar-refractivity contribution in [1.82, 2.24) is 5.32 Å². The number of esters is 1. The molecule has 0 saturated carbocycles. The van der Waals surface area contributed by atoms with Gasteiger partial charge in [-0.1, -0.05) is 38.1 Å². The van der Waals surface area contributed by atoms with Crippen LogP contribution < -0.4 is 22.1 Å². The molecule has 9 heteroatoms. The summed E-state index contributed by atoms with van der Waals surface area (Å²) in [5.74, 6) is -0.474. The first-order valence-electron chi connectivity index (χ1n) is 11.4. The lowest BCUT2D eigenvalue weighted by molar-refractivity contribution is -0.158. The second-order valence-corrected chi connectivity index (χ2v) is 10.9. The van der Waals surface area contributed by atoms with Crippen LogP contribution in [0.1, 0.15) is 67.4 Å². The molecule has 0 spiro atoms. The van der Waals surface area contributed by atoms with E-state index in [-0.39, 0.29) is 17.6 Å². The van der Waals surface area contributed by atoms with Crippen molar-refractivity contribution >= 4 is 34.2 Å². The Kier molecular flexibility index (Phi) is 9.64. The van der Waals surface area contributed by atoms with Crippen LogP contribution in [-0.4, -0.2) is 29.6 Å². The number of nitrogens with two attached hydrogens (primary N) is 2. The number of benzene rings is 1. The molecule has 1 aromatic heterocycles. The van der Waals surface area contributed by atoms with E-state index in [9.17, 15) is 14.4 Å². The molecule has 186 valence electrons. The summed E-state index contributed by atoms with van der Waals surface area (Å²) in [6.07, 6.45) is 2.15. The number of primary amides is 2. The summed E-state index contributed by atoms with van der Waals surface area (Å²) >= 11 is 1.29. The van der Waals surface area contributed by atoms with Gasteiger partial charge in [0.05, 0.1) is 5.56 Å². The van der Waals surface area contributed by atoms with E-state index in [0.717, 1.165) is 22.4 Å². The second kappa shape index (κ2) is 12.0.